The molecule has 0 saturated heterocycles. The third-order valence-electron chi connectivity index (χ3n) is 3.43. The number of aliphatic hydroxyl groups is 2. The number of hydrogen-bond acceptors (Lipinski definition) is 5. The number of carbonyl (C=O) groups excluding carboxylic acids is 1. The van der Waals surface area contributed by atoms with Gasteiger partial charge in [0.05, 0.1) is 5.02 Å². The molecule has 4 nitrogen and oxygen atoms in total. The second kappa shape index (κ2) is 4.79. The van der Waals surface area contributed by atoms with E-state index in [1.165, 1.54) is 18.3 Å². The molecule has 0 radical (unpaired) electrons. The summed E-state index contributed by atoms with van der Waals surface area (Å²) in [7, 11) is 0. The topological polar surface area (TPSA) is 66.8 Å². The van der Waals surface area contributed by atoms with Gasteiger partial charge in [-0.15, -0.1) is 11.3 Å². The zero-order chi connectivity index (χ0) is 15.2. The van der Waals surface area contributed by atoms with Crippen molar-refractivity contribution in [3.63, 3.8) is 0 Å². The standard InChI is InChI=1S/C15H11ClO4S/c1-15(13(18)12(17)14(19)20-15)9-4-2-3-8(5-9)11-6-10(16)7-21-11/h2-7,17-18H,1H3. The van der Waals surface area contributed by atoms with Crippen LogP contribution in [0.4, 0.5) is 0 Å². The first-order valence-corrected chi connectivity index (χ1v) is 7.38. The maximum absolute atomic E-state index is 11.4. The number of halogens is 1. The minimum Gasteiger partial charge on any atom is -0.505 e. The molecule has 0 saturated carbocycles. The third kappa shape index (κ3) is 2.18. The van der Waals surface area contributed by atoms with Crippen LogP contribution >= 0.6 is 22.9 Å². The molecule has 108 valence electrons. The molecular formula is C15H11ClO4S. The van der Waals surface area contributed by atoms with Gasteiger partial charge in [-0.3, -0.25) is 0 Å². The quantitative estimate of drug-likeness (QED) is 0.814. The molecule has 1 aliphatic rings. The van der Waals surface area contributed by atoms with Gasteiger partial charge >= 0.3 is 5.97 Å². The van der Waals surface area contributed by atoms with Crippen LogP contribution in [0, 0.1) is 0 Å². The van der Waals surface area contributed by atoms with Crippen LogP contribution in [0.5, 0.6) is 0 Å². The number of rotatable bonds is 2. The monoisotopic (exact) mass is 322 g/mol. The van der Waals surface area contributed by atoms with E-state index in [0.29, 0.717) is 10.6 Å². The lowest BCUT2D eigenvalue weighted by Crippen LogP contribution is -2.25. The van der Waals surface area contributed by atoms with Crippen LogP contribution < -0.4 is 0 Å². The van der Waals surface area contributed by atoms with Gasteiger partial charge in [0.15, 0.2) is 11.4 Å². The van der Waals surface area contributed by atoms with Crippen LogP contribution in [0.1, 0.15) is 12.5 Å². The summed E-state index contributed by atoms with van der Waals surface area (Å²) in [5.74, 6) is -2.16. The van der Waals surface area contributed by atoms with Gasteiger partial charge in [-0.25, -0.2) is 4.79 Å². The van der Waals surface area contributed by atoms with E-state index in [1.807, 2.05) is 17.5 Å². The Kier molecular flexibility index (Phi) is 3.19. The molecule has 0 bridgehead atoms. The molecule has 0 aliphatic carbocycles. The van der Waals surface area contributed by atoms with E-state index in [9.17, 15) is 15.0 Å². The number of thiophene rings is 1. The molecular weight excluding hydrogens is 312 g/mol. The molecule has 1 unspecified atom stereocenters. The highest BCUT2D eigenvalue weighted by Crippen LogP contribution is 2.40. The Morgan fingerprint density at radius 3 is 2.62 bits per heavy atom. The molecule has 6 heteroatoms. The lowest BCUT2D eigenvalue weighted by Gasteiger charge is -2.23. The summed E-state index contributed by atoms with van der Waals surface area (Å²) in [6, 6.07) is 9.04. The minimum absolute atomic E-state index is 0.478. The Morgan fingerprint density at radius 1 is 1.29 bits per heavy atom. The van der Waals surface area contributed by atoms with Crippen molar-refractivity contribution in [2.75, 3.05) is 0 Å². The van der Waals surface area contributed by atoms with Gasteiger partial charge < -0.3 is 14.9 Å². The number of hydrogen-bond donors (Lipinski definition) is 2. The van der Waals surface area contributed by atoms with E-state index in [0.717, 1.165) is 10.4 Å². The highest BCUT2D eigenvalue weighted by Gasteiger charge is 2.46. The Labute approximate surface area is 129 Å². The van der Waals surface area contributed by atoms with Crippen LogP contribution in [0.2, 0.25) is 5.02 Å². The van der Waals surface area contributed by atoms with Crippen molar-refractivity contribution in [3.05, 3.63) is 57.8 Å². The Hall–Kier alpha value is -1.98. The van der Waals surface area contributed by atoms with Gasteiger partial charge in [-0.1, -0.05) is 29.8 Å². The number of carbonyl (C=O) groups is 1. The molecule has 0 spiro atoms. The first-order chi connectivity index (χ1) is 9.91. The molecule has 1 aromatic heterocycles. The van der Waals surface area contributed by atoms with E-state index in [4.69, 9.17) is 16.3 Å². The van der Waals surface area contributed by atoms with Crippen molar-refractivity contribution in [1.29, 1.82) is 0 Å². The van der Waals surface area contributed by atoms with E-state index < -0.39 is 23.1 Å². The maximum atomic E-state index is 11.4. The van der Waals surface area contributed by atoms with Gasteiger partial charge in [-0.05, 0) is 24.6 Å². The van der Waals surface area contributed by atoms with Crippen LogP contribution in [-0.2, 0) is 15.1 Å². The molecule has 2 heterocycles. The fourth-order valence-electron chi connectivity index (χ4n) is 2.23. The molecule has 3 rings (SSSR count). The minimum atomic E-state index is -1.38. The summed E-state index contributed by atoms with van der Waals surface area (Å²) >= 11 is 7.42. The lowest BCUT2D eigenvalue weighted by atomic mass is 9.92. The number of ether oxygens (including phenoxy) is 1. The normalized spacial score (nSPS) is 21.7. The third-order valence-corrected chi connectivity index (χ3v) is 4.76. The highest BCUT2D eigenvalue weighted by molar-refractivity contribution is 7.14. The second-order valence-corrected chi connectivity index (χ2v) is 6.18. The van der Waals surface area contributed by atoms with Gasteiger partial charge in [0.25, 0.3) is 0 Å². The predicted molar refractivity (Wildman–Crippen MR) is 80.5 cm³/mol. The van der Waals surface area contributed by atoms with Crippen LogP contribution in [0.15, 0.2) is 47.2 Å². The van der Waals surface area contributed by atoms with Crippen molar-refractivity contribution < 1.29 is 19.7 Å². The molecule has 0 fully saturated rings. The Bertz CT molecular complexity index is 765. The van der Waals surface area contributed by atoms with E-state index in [1.54, 1.807) is 18.2 Å². The molecule has 1 aromatic carbocycles. The molecule has 0 amide bonds. The first-order valence-electron chi connectivity index (χ1n) is 6.13. The van der Waals surface area contributed by atoms with Gasteiger partial charge in [0.1, 0.15) is 0 Å². The van der Waals surface area contributed by atoms with Crippen LogP contribution in [0.25, 0.3) is 10.4 Å². The molecule has 2 N–H and O–H groups in total. The predicted octanol–water partition coefficient (Wildman–Crippen LogP) is 4.17. The summed E-state index contributed by atoms with van der Waals surface area (Å²) in [6.45, 7) is 1.53. The second-order valence-electron chi connectivity index (χ2n) is 4.83. The zero-order valence-corrected chi connectivity index (χ0v) is 12.5. The summed E-state index contributed by atoms with van der Waals surface area (Å²) in [5.41, 5.74) is 0.0818. The average Bonchev–Trinajstić information content (AvgIpc) is 2.99. The SMILES string of the molecule is CC1(c2cccc(-c3cc(Cl)cs3)c2)OC(=O)C(O)=C1O. The number of esters is 1. The summed E-state index contributed by atoms with van der Waals surface area (Å²) < 4.78 is 5.12. The van der Waals surface area contributed by atoms with Crippen LogP contribution in [-0.4, -0.2) is 16.2 Å². The van der Waals surface area contributed by atoms with Crippen LogP contribution in [0.3, 0.4) is 0 Å². The van der Waals surface area contributed by atoms with Crippen molar-refractivity contribution >= 4 is 28.9 Å². The molecule has 2 aromatic rings. The first kappa shape index (κ1) is 14.0. The molecule has 21 heavy (non-hydrogen) atoms. The summed E-state index contributed by atoms with van der Waals surface area (Å²) in [4.78, 5) is 12.4. The molecule has 1 aliphatic heterocycles. The van der Waals surface area contributed by atoms with Gasteiger partial charge in [0.2, 0.25) is 5.76 Å². The van der Waals surface area contributed by atoms with Crippen molar-refractivity contribution in [2.45, 2.75) is 12.5 Å². The van der Waals surface area contributed by atoms with Gasteiger partial charge in [-0.2, -0.15) is 0 Å². The van der Waals surface area contributed by atoms with Crippen molar-refractivity contribution in [1.82, 2.24) is 0 Å². The number of aliphatic hydroxyl groups excluding tert-OH is 2. The Morgan fingerprint density at radius 2 is 2.05 bits per heavy atom. The lowest BCUT2D eigenvalue weighted by molar-refractivity contribution is -0.149. The fourth-order valence-corrected chi connectivity index (χ4v) is 3.31. The van der Waals surface area contributed by atoms with Gasteiger partial charge in [0, 0.05) is 15.8 Å². The number of cyclic esters (lactones) is 1. The molecule has 1 atom stereocenters. The van der Waals surface area contributed by atoms with E-state index in [2.05, 4.69) is 0 Å². The van der Waals surface area contributed by atoms with Crippen molar-refractivity contribution in [2.24, 2.45) is 0 Å². The van der Waals surface area contributed by atoms with E-state index >= 15 is 0 Å². The summed E-state index contributed by atoms with van der Waals surface area (Å²) in [5, 5.41) is 21.9. The van der Waals surface area contributed by atoms with E-state index in [-0.39, 0.29) is 0 Å². The van der Waals surface area contributed by atoms with Crippen molar-refractivity contribution in [3.8, 4) is 10.4 Å². The summed E-state index contributed by atoms with van der Waals surface area (Å²) in [6.07, 6.45) is 0. The number of benzene rings is 1. The highest BCUT2D eigenvalue weighted by atomic mass is 35.5. The zero-order valence-electron chi connectivity index (χ0n) is 11.0. The fraction of sp³-hybridized carbons (Fsp3) is 0.133. The largest absolute Gasteiger partial charge is 0.505 e. The average molecular weight is 323 g/mol. The smallest absolute Gasteiger partial charge is 0.378 e. The Balaban J connectivity index is 2.07. The maximum Gasteiger partial charge on any atom is 0.378 e.